The van der Waals surface area contributed by atoms with Crippen LogP contribution in [0.5, 0.6) is 0 Å². The number of sulfonamides is 1. The van der Waals surface area contributed by atoms with Crippen molar-refractivity contribution in [2.24, 2.45) is 0 Å². The van der Waals surface area contributed by atoms with Crippen LogP contribution in [0.4, 0.5) is 21.9 Å². The molecule has 0 fully saturated rings. The summed E-state index contributed by atoms with van der Waals surface area (Å²) in [6.07, 6.45) is 1.93. The van der Waals surface area contributed by atoms with Gasteiger partial charge in [-0.15, -0.1) is 0 Å². The predicted molar refractivity (Wildman–Crippen MR) is 96.0 cm³/mol. The average Bonchev–Trinajstić information content (AvgIpc) is 2.83. The highest BCUT2D eigenvalue weighted by atomic mass is 32.2. The van der Waals surface area contributed by atoms with Crippen LogP contribution in [0.2, 0.25) is 0 Å². The zero-order chi connectivity index (χ0) is 17.3. The van der Waals surface area contributed by atoms with E-state index in [0.29, 0.717) is 11.4 Å². The van der Waals surface area contributed by atoms with Gasteiger partial charge in [0.2, 0.25) is 10.0 Å². The predicted octanol–water partition coefficient (Wildman–Crippen LogP) is 3.04. The highest BCUT2D eigenvalue weighted by Crippen LogP contribution is 2.32. The zero-order valence-corrected chi connectivity index (χ0v) is 14.3. The number of para-hydroxylation sites is 1. The molecule has 126 valence electrons. The fourth-order valence-corrected chi connectivity index (χ4v) is 3.46. The highest BCUT2D eigenvalue weighted by Gasteiger charge is 2.30. The van der Waals surface area contributed by atoms with Crippen molar-refractivity contribution in [3.05, 3.63) is 54.1 Å². The van der Waals surface area contributed by atoms with E-state index >= 15 is 0 Å². The molecule has 1 unspecified atom stereocenters. The van der Waals surface area contributed by atoms with Gasteiger partial charge in [0.15, 0.2) is 0 Å². The second-order valence-corrected chi connectivity index (χ2v) is 7.68. The third-order valence-electron chi connectivity index (χ3n) is 3.87. The quantitative estimate of drug-likeness (QED) is 0.897. The van der Waals surface area contributed by atoms with Crippen LogP contribution in [0.25, 0.3) is 0 Å². The second kappa shape index (κ2) is 6.16. The van der Waals surface area contributed by atoms with Crippen molar-refractivity contribution in [1.82, 2.24) is 0 Å². The molecular weight excluding hydrogens is 326 g/mol. The molecule has 1 aliphatic rings. The topological polar surface area (TPSA) is 78.5 Å². The highest BCUT2D eigenvalue weighted by molar-refractivity contribution is 7.92. The van der Waals surface area contributed by atoms with Gasteiger partial charge in [-0.2, -0.15) is 0 Å². The summed E-state index contributed by atoms with van der Waals surface area (Å²) in [6, 6.07) is 14.3. The van der Waals surface area contributed by atoms with Crippen LogP contribution in [0.1, 0.15) is 12.5 Å². The van der Waals surface area contributed by atoms with Gasteiger partial charge in [0.25, 0.3) is 0 Å². The minimum atomic E-state index is -3.31. The molecule has 2 amide bonds. The maximum Gasteiger partial charge on any atom is 0.326 e. The van der Waals surface area contributed by atoms with E-state index in [-0.39, 0.29) is 12.1 Å². The Hall–Kier alpha value is -2.54. The van der Waals surface area contributed by atoms with Crippen molar-refractivity contribution < 1.29 is 13.2 Å². The Labute approximate surface area is 141 Å². The molecule has 7 heteroatoms. The van der Waals surface area contributed by atoms with Crippen LogP contribution < -0.4 is 14.9 Å². The van der Waals surface area contributed by atoms with Gasteiger partial charge in [-0.1, -0.05) is 18.2 Å². The van der Waals surface area contributed by atoms with Crippen LogP contribution in [0.15, 0.2) is 48.5 Å². The monoisotopic (exact) mass is 345 g/mol. The van der Waals surface area contributed by atoms with E-state index in [1.807, 2.05) is 31.2 Å². The molecule has 1 heterocycles. The Morgan fingerprint density at radius 3 is 2.38 bits per heavy atom. The SMILES string of the molecule is CC1Cc2ccccc2N1C(=O)Nc1ccc(NS(C)(=O)=O)cc1. The molecule has 0 aromatic heterocycles. The van der Waals surface area contributed by atoms with Gasteiger partial charge in [0.1, 0.15) is 0 Å². The van der Waals surface area contributed by atoms with Crippen molar-refractivity contribution in [1.29, 1.82) is 0 Å². The van der Waals surface area contributed by atoms with Gasteiger partial charge >= 0.3 is 6.03 Å². The molecule has 24 heavy (non-hydrogen) atoms. The third kappa shape index (κ3) is 3.51. The number of rotatable bonds is 3. The second-order valence-electron chi connectivity index (χ2n) is 5.93. The molecule has 0 saturated heterocycles. The molecule has 6 nitrogen and oxygen atoms in total. The van der Waals surface area contributed by atoms with Gasteiger partial charge in [-0.25, -0.2) is 13.2 Å². The first kappa shape index (κ1) is 16.3. The molecule has 0 saturated carbocycles. The lowest BCUT2D eigenvalue weighted by Gasteiger charge is -2.23. The van der Waals surface area contributed by atoms with Crippen LogP contribution in [0, 0.1) is 0 Å². The van der Waals surface area contributed by atoms with Gasteiger partial charge in [-0.05, 0) is 49.2 Å². The molecule has 3 rings (SSSR count). The van der Waals surface area contributed by atoms with Crippen molar-refractivity contribution in [3.8, 4) is 0 Å². The van der Waals surface area contributed by atoms with Gasteiger partial charge in [-0.3, -0.25) is 9.62 Å². The molecule has 0 spiro atoms. The van der Waals surface area contributed by atoms with Crippen LogP contribution in [0.3, 0.4) is 0 Å². The minimum absolute atomic E-state index is 0.0913. The number of carbonyl (C=O) groups excluding carboxylic acids is 1. The third-order valence-corrected chi connectivity index (χ3v) is 4.47. The number of amides is 2. The first-order valence-electron chi connectivity index (χ1n) is 7.59. The number of hydrogen-bond donors (Lipinski definition) is 2. The van der Waals surface area contributed by atoms with Gasteiger partial charge in [0, 0.05) is 23.1 Å². The van der Waals surface area contributed by atoms with E-state index < -0.39 is 10.0 Å². The molecule has 1 aliphatic heterocycles. The summed E-state index contributed by atoms with van der Waals surface area (Å²) in [4.78, 5) is 14.4. The molecule has 0 aliphatic carbocycles. The first-order valence-corrected chi connectivity index (χ1v) is 9.48. The van der Waals surface area contributed by atoms with E-state index in [2.05, 4.69) is 10.0 Å². The Morgan fingerprint density at radius 1 is 1.08 bits per heavy atom. The maximum atomic E-state index is 12.6. The van der Waals surface area contributed by atoms with Crippen LogP contribution in [-0.2, 0) is 16.4 Å². The molecule has 2 aromatic carbocycles. The Kier molecular flexibility index (Phi) is 4.19. The number of fused-ring (bicyclic) bond motifs is 1. The lowest BCUT2D eigenvalue weighted by atomic mass is 10.1. The largest absolute Gasteiger partial charge is 0.326 e. The summed E-state index contributed by atoms with van der Waals surface area (Å²) in [5, 5.41) is 2.85. The maximum absolute atomic E-state index is 12.6. The number of benzene rings is 2. The van der Waals surface area contributed by atoms with E-state index in [9.17, 15) is 13.2 Å². The number of nitrogens with zero attached hydrogens (tertiary/aromatic N) is 1. The fraction of sp³-hybridized carbons (Fsp3) is 0.235. The number of hydrogen-bond acceptors (Lipinski definition) is 3. The minimum Gasteiger partial charge on any atom is -0.308 e. The molecule has 2 N–H and O–H groups in total. The normalized spacial score (nSPS) is 16.6. The summed E-state index contributed by atoms with van der Waals surface area (Å²) >= 11 is 0. The summed E-state index contributed by atoms with van der Waals surface area (Å²) in [6.45, 7) is 2.01. The first-order chi connectivity index (χ1) is 11.3. The lowest BCUT2D eigenvalue weighted by molar-refractivity contribution is 0.256. The van der Waals surface area contributed by atoms with Crippen molar-refractivity contribution >= 4 is 33.1 Å². The van der Waals surface area contributed by atoms with E-state index in [1.54, 1.807) is 29.2 Å². The molecule has 2 aromatic rings. The summed E-state index contributed by atoms with van der Waals surface area (Å²) in [7, 11) is -3.31. The van der Waals surface area contributed by atoms with E-state index in [1.165, 1.54) is 0 Å². The Balaban J connectivity index is 1.73. The Bertz CT molecular complexity index is 863. The van der Waals surface area contributed by atoms with Gasteiger partial charge in [0.05, 0.1) is 6.26 Å². The number of anilines is 3. The summed E-state index contributed by atoms with van der Waals surface area (Å²) in [5.74, 6) is 0. The number of carbonyl (C=O) groups is 1. The number of urea groups is 1. The average molecular weight is 345 g/mol. The summed E-state index contributed by atoms with van der Waals surface area (Å²) in [5.41, 5.74) is 3.15. The van der Waals surface area contributed by atoms with E-state index in [4.69, 9.17) is 0 Å². The zero-order valence-electron chi connectivity index (χ0n) is 13.5. The summed E-state index contributed by atoms with van der Waals surface area (Å²) < 4.78 is 24.8. The van der Waals surface area contributed by atoms with Crippen LogP contribution >= 0.6 is 0 Å². The molecule has 1 atom stereocenters. The fourth-order valence-electron chi connectivity index (χ4n) is 2.89. The molecule has 0 bridgehead atoms. The Morgan fingerprint density at radius 2 is 1.71 bits per heavy atom. The van der Waals surface area contributed by atoms with Crippen molar-refractivity contribution in [3.63, 3.8) is 0 Å². The van der Waals surface area contributed by atoms with Crippen LogP contribution in [-0.4, -0.2) is 26.7 Å². The number of nitrogens with one attached hydrogen (secondary N) is 2. The standard InChI is InChI=1S/C17H19N3O3S/c1-12-11-13-5-3-4-6-16(13)20(12)17(21)18-14-7-9-15(10-8-14)19-24(2,22)23/h3-10,12,19H,11H2,1-2H3,(H,18,21). The van der Waals surface area contributed by atoms with Crippen molar-refractivity contribution in [2.75, 3.05) is 21.2 Å². The van der Waals surface area contributed by atoms with Gasteiger partial charge < -0.3 is 5.32 Å². The van der Waals surface area contributed by atoms with Crippen molar-refractivity contribution in [2.45, 2.75) is 19.4 Å². The molecular formula is C17H19N3O3S. The smallest absolute Gasteiger partial charge is 0.308 e. The van der Waals surface area contributed by atoms with E-state index in [0.717, 1.165) is 23.9 Å². The lowest BCUT2D eigenvalue weighted by Crippen LogP contribution is -2.39. The molecule has 0 radical (unpaired) electrons.